The first-order valence-corrected chi connectivity index (χ1v) is 9.27. The average Bonchev–Trinajstić information content (AvgIpc) is 3.23. The Bertz CT molecular complexity index is 1120. The lowest BCUT2D eigenvalue weighted by Gasteiger charge is -2.09. The van der Waals surface area contributed by atoms with E-state index >= 15 is 0 Å². The van der Waals surface area contributed by atoms with Gasteiger partial charge in [-0.15, -0.1) is 0 Å². The minimum atomic E-state index is -0.250. The molecule has 0 saturated heterocycles. The van der Waals surface area contributed by atoms with Crippen LogP contribution in [0.2, 0.25) is 10.0 Å². The highest BCUT2D eigenvalue weighted by atomic mass is 35.5. The van der Waals surface area contributed by atoms with Gasteiger partial charge in [-0.3, -0.25) is 0 Å². The third kappa shape index (κ3) is 3.46. The number of rotatable bonds is 5. The third-order valence-electron chi connectivity index (χ3n) is 4.68. The van der Waals surface area contributed by atoms with E-state index in [1.54, 1.807) is 24.5 Å². The Labute approximate surface area is 165 Å². The number of H-pyrrole nitrogens is 1. The molecule has 0 aliphatic rings. The zero-order chi connectivity index (χ0) is 19.0. The van der Waals surface area contributed by atoms with Crippen LogP contribution in [0.4, 0.5) is 4.39 Å². The summed E-state index contributed by atoms with van der Waals surface area (Å²) in [6.45, 7) is 1.04. The molecule has 4 rings (SSSR count). The first-order chi connectivity index (χ1) is 13.1. The van der Waals surface area contributed by atoms with E-state index in [4.69, 9.17) is 28.9 Å². The maximum absolute atomic E-state index is 13.4. The monoisotopic (exact) mass is 402 g/mol. The fourth-order valence-corrected chi connectivity index (χ4v) is 3.83. The summed E-state index contributed by atoms with van der Waals surface area (Å²) >= 11 is 12.3. The molecule has 0 fully saturated rings. The maximum atomic E-state index is 13.4. The van der Waals surface area contributed by atoms with Gasteiger partial charge < -0.3 is 15.3 Å². The van der Waals surface area contributed by atoms with Crippen LogP contribution in [0.3, 0.4) is 0 Å². The summed E-state index contributed by atoms with van der Waals surface area (Å²) in [6, 6.07) is 10.1. The van der Waals surface area contributed by atoms with E-state index in [9.17, 15) is 4.39 Å². The van der Waals surface area contributed by atoms with Crippen LogP contribution >= 0.6 is 23.2 Å². The van der Waals surface area contributed by atoms with E-state index < -0.39 is 0 Å². The predicted molar refractivity (Wildman–Crippen MR) is 108 cm³/mol. The first kappa shape index (κ1) is 18.0. The lowest BCUT2D eigenvalue weighted by atomic mass is 10.1. The Morgan fingerprint density at radius 1 is 1.15 bits per heavy atom. The molecule has 2 aromatic carbocycles. The van der Waals surface area contributed by atoms with Crippen LogP contribution in [-0.2, 0) is 19.5 Å². The summed E-state index contributed by atoms with van der Waals surface area (Å²) in [5.74, 6) is -0.250. The van der Waals surface area contributed by atoms with Crippen LogP contribution in [-0.4, -0.2) is 14.5 Å². The number of nitrogens with two attached hydrogens (primary N) is 1. The van der Waals surface area contributed by atoms with Gasteiger partial charge in [0.1, 0.15) is 5.82 Å². The highest BCUT2D eigenvalue weighted by molar-refractivity contribution is 6.36. The van der Waals surface area contributed by atoms with Gasteiger partial charge in [0.2, 0.25) is 0 Å². The molecule has 2 heterocycles. The molecular formula is C20H17Cl2FN4. The maximum Gasteiger partial charge on any atom is 0.125 e. The highest BCUT2D eigenvalue weighted by Gasteiger charge is 2.15. The number of aromatic amines is 1. The van der Waals surface area contributed by atoms with Gasteiger partial charge >= 0.3 is 0 Å². The van der Waals surface area contributed by atoms with Gasteiger partial charge in [-0.05, 0) is 48.4 Å². The summed E-state index contributed by atoms with van der Waals surface area (Å²) < 4.78 is 15.4. The first-order valence-electron chi connectivity index (χ1n) is 8.52. The van der Waals surface area contributed by atoms with E-state index in [1.807, 2.05) is 16.8 Å². The van der Waals surface area contributed by atoms with Crippen LogP contribution in [0.15, 0.2) is 48.9 Å². The quantitative estimate of drug-likeness (QED) is 0.483. The van der Waals surface area contributed by atoms with Crippen molar-refractivity contribution in [3.05, 3.63) is 76.0 Å². The lowest BCUT2D eigenvalue weighted by Crippen LogP contribution is -2.09. The summed E-state index contributed by atoms with van der Waals surface area (Å²) in [5.41, 5.74) is 10.4. The summed E-state index contributed by atoms with van der Waals surface area (Å²) in [6.07, 6.45) is 4.46. The second-order valence-electron chi connectivity index (χ2n) is 6.32. The van der Waals surface area contributed by atoms with Crippen molar-refractivity contribution in [1.82, 2.24) is 14.5 Å². The van der Waals surface area contributed by atoms with E-state index in [2.05, 4.69) is 9.97 Å². The van der Waals surface area contributed by atoms with Gasteiger partial charge in [-0.1, -0.05) is 23.2 Å². The third-order valence-corrected chi connectivity index (χ3v) is 5.23. The number of aryl methyl sites for hydroxylation is 2. The van der Waals surface area contributed by atoms with Gasteiger partial charge in [-0.2, -0.15) is 0 Å². The zero-order valence-electron chi connectivity index (χ0n) is 14.3. The van der Waals surface area contributed by atoms with Crippen molar-refractivity contribution >= 4 is 34.1 Å². The van der Waals surface area contributed by atoms with E-state index in [0.29, 0.717) is 23.1 Å². The standard InChI is InChI=1S/C20H17Cl2FN4/c21-13-1-3-16(17(22)7-13)20-19(9-24)27(11-26-20)6-5-12-10-25-18-8-14(23)2-4-15(12)18/h1-4,7-8,10-11,25H,5-6,9,24H2. The summed E-state index contributed by atoms with van der Waals surface area (Å²) in [4.78, 5) is 7.64. The number of hydrogen-bond acceptors (Lipinski definition) is 2. The average molecular weight is 403 g/mol. The van der Waals surface area contributed by atoms with Gasteiger partial charge in [-0.25, -0.2) is 9.37 Å². The molecule has 3 N–H and O–H groups in total. The van der Waals surface area contributed by atoms with Crippen molar-refractivity contribution in [1.29, 1.82) is 0 Å². The van der Waals surface area contributed by atoms with Crippen molar-refractivity contribution in [2.45, 2.75) is 19.5 Å². The SMILES string of the molecule is NCc1c(-c2ccc(Cl)cc2Cl)ncn1CCc1c[nH]c2cc(F)ccc12. The van der Waals surface area contributed by atoms with E-state index in [-0.39, 0.29) is 5.82 Å². The lowest BCUT2D eigenvalue weighted by molar-refractivity contribution is 0.629. The second-order valence-corrected chi connectivity index (χ2v) is 7.16. The summed E-state index contributed by atoms with van der Waals surface area (Å²) in [7, 11) is 0. The van der Waals surface area contributed by atoms with Crippen molar-refractivity contribution in [2.24, 2.45) is 5.73 Å². The molecule has 0 aliphatic heterocycles. The largest absolute Gasteiger partial charge is 0.361 e. The molecule has 0 spiro atoms. The molecule has 27 heavy (non-hydrogen) atoms. The molecule has 0 atom stereocenters. The number of benzene rings is 2. The molecule has 0 unspecified atom stereocenters. The van der Waals surface area contributed by atoms with Crippen molar-refractivity contribution in [2.75, 3.05) is 0 Å². The van der Waals surface area contributed by atoms with Crippen molar-refractivity contribution in [3.63, 3.8) is 0 Å². The summed E-state index contributed by atoms with van der Waals surface area (Å²) in [5, 5.41) is 2.14. The smallest absolute Gasteiger partial charge is 0.125 e. The zero-order valence-corrected chi connectivity index (χ0v) is 15.9. The molecule has 4 aromatic rings. The molecule has 7 heteroatoms. The van der Waals surface area contributed by atoms with E-state index in [0.717, 1.165) is 39.8 Å². The normalized spacial score (nSPS) is 11.4. The molecular weight excluding hydrogens is 386 g/mol. The Balaban J connectivity index is 1.62. The van der Waals surface area contributed by atoms with Gasteiger partial charge in [0.15, 0.2) is 0 Å². The highest BCUT2D eigenvalue weighted by Crippen LogP contribution is 2.31. The van der Waals surface area contributed by atoms with E-state index in [1.165, 1.54) is 12.1 Å². The molecule has 2 aromatic heterocycles. The predicted octanol–water partition coefficient (Wildman–Crippen LogP) is 5.18. The van der Waals surface area contributed by atoms with Crippen LogP contribution < -0.4 is 5.73 Å². The number of fused-ring (bicyclic) bond motifs is 1. The molecule has 0 radical (unpaired) electrons. The van der Waals surface area contributed by atoms with Crippen LogP contribution in [0, 0.1) is 5.82 Å². The number of halogens is 3. The second kappa shape index (κ2) is 7.35. The number of nitrogens with one attached hydrogen (secondary N) is 1. The number of nitrogens with zero attached hydrogens (tertiary/aromatic N) is 2. The Morgan fingerprint density at radius 2 is 2.00 bits per heavy atom. The minimum Gasteiger partial charge on any atom is -0.361 e. The fourth-order valence-electron chi connectivity index (χ4n) is 3.33. The molecule has 4 nitrogen and oxygen atoms in total. The molecule has 138 valence electrons. The Kier molecular flexibility index (Phi) is 4.91. The van der Waals surface area contributed by atoms with Gasteiger partial charge in [0.25, 0.3) is 0 Å². The molecule has 0 amide bonds. The Morgan fingerprint density at radius 3 is 2.78 bits per heavy atom. The van der Waals surface area contributed by atoms with Gasteiger partial charge in [0, 0.05) is 40.8 Å². The number of aromatic nitrogens is 3. The van der Waals surface area contributed by atoms with Gasteiger partial charge in [0.05, 0.1) is 22.7 Å². The minimum absolute atomic E-state index is 0.250. The van der Waals surface area contributed by atoms with Crippen LogP contribution in [0.5, 0.6) is 0 Å². The topological polar surface area (TPSA) is 59.6 Å². The van der Waals surface area contributed by atoms with Crippen molar-refractivity contribution in [3.8, 4) is 11.3 Å². The number of imidazole rings is 1. The Hall–Kier alpha value is -2.34. The van der Waals surface area contributed by atoms with Crippen LogP contribution in [0.1, 0.15) is 11.3 Å². The molecule has 0 bridgehead atoms. The molecule has 0 aliphatic carbocycles. The molecule has 0 saturated carbocycles. The van der Waals surface area contributed by atoms with Crippen LogP contribution in [0.25, 0.3) is 22.2 Å². The van der Waals surface area contributed by atoms with Crippen molar-refractivity contribution < 1.29 is 4.39 Å². The number of hydrogen-bond donors (Lipinski definition) is 2. The fraction of sp³-hybridized carbons (Fsp3) is 0.150.